The fraction of sp³-hybridized carbons (Fsp3) is 0.650. The van der Waals surface area contributed by atoms with E-state index >= 15 is 0 Å². The minimum absolute atomic E-state index is 0.0233. The van der Waals surface area contributed by atoms with Gasteiger partial charge in [-0.15, -0.1) is 0 Å². The van der Waals surface area contributed by atoms with Gasteiger partial charge in [-0.05, 0) is 37.9 Å². The molecule has 1 saturated heterocycles. The van der Waals surface area contributed by atoms with Crippen molar-refractivity contribution < 1.29 is 14.3 Å². The molecule has 0 aromatic heterocycles. The second-order valence-electron chi connectivity index (χ2n) is 6.61. The van der Waals surface area contributed by atoms with Gasteiger partial charge in [0.05, 0.1) is 12.6 Å². The first-order chi connectivity index (χ1) is 12.3. The van der Waals surface area contributed by atoms with Crippen LogP contribution in [-0.4, -0.2) is 38.3 Å². The molecule has 25 heavy (non-hydrogen) atoms. The second-order valence-corrected chi connectivity index (χ2v) is 6.61. The molecule has 1 fully saturated rings. The van der Waals surface area contributed by atoms with Crippen molar-refractivity contribution in [1.82, 2.24) is 5.32 Å². The van der Waals surface area contributed by atoms with E-state index in [-0.39, 0.29) is 12.0 Å². The second kappa shape index (κ2) is 11.9. The third kappa shape index (κ3) is 8.36. The fourth-order valence-electron chi connectivity index (χ4n) is 2.89. The molecule has 1 aromatic carbocycles. The molecular formula is C20H32N2O3. The van der Waals surface area contributed by atoms with Crippen molar-refractivity contribution in [2.24, 2.45) is 0 Å². The van der Waals surface area contributed by atoms with E-state index in [1.165, 1.54) is 25.7 Å². The summed E-state index contributed by atoms with van der Waals surface area (Å²) >= 11 is 0. The molecule has 2 rings (SSSR count). The summed E-state index contributed by atoms with van der Waals surface area (Å²) in [6, 6.07) is 7.53. The molecule has 1 unspecified atom stereocenters. The van der Waals surface area contributed by atoms with E-state index in [4.69, 9.17) is 9.47 Å². The van der Waals surface area contributed by atoms with Crippen molar-refractivity contribution in [1.29, 1.82) is 0 Å². The maximum absolute atomic E-state index is 12.0. The Kier molecular flexibility index (Phi) is 9.37. The highest BCUT2D eigenvalue weighted by molar-refractivity contribution is 5.92. The Hall–Kier alpha value is -1.59. The maximum Gasteiger partial charge on any atom is 0.238 e. The molecule has 5 heteroatoms. The van der Waals surface area contributed by atoms with E-state index in [0.29, 0.717) is 13.2 Å². The van der Waals surface area contributed by atoms with Crippen molar-refractivity contribution in [2.45, 2.75) is 58.0 Å². The van der Waals surface area contributed by atoms with Gasteiger partial charge >= 0.3 is 0 Å². The van der Waals surface area contributed by atoms with Gasteiger partial charge in [-0.25, -0.2) is 0 Å². The van der Waals surface area contributed by atoms with Gasteiger partial charge in [0.1, 0.15) is 12.4 Å². The van der Waals surface area contributed by atoms with Crippen molar-refractivity contribution >= 4 is 11.6 Å². The summed E-state index contributed by atoms with van der Waals surface area (Å²) in [5.74, 6) is 0.738. The molecule has 1 aliphatic rings. The van der Waals surface area contributed by atoms with E-state index in [0.717, 1.165) is 43.9 Å². The van der Waals surface area contributed by atoms with Gasteiger partial charge in [-0.1, -0.05) is 38.7 Å². The summed E-state index contributed by atoms with van der Waals surface area (Å²) in [7, 11) is 0. The van der Waals surface area contributed by atoms with Crippen LogP contribution in [0.1, 0.15) is 51.9 Å². The van der Waals surface area contributed by atoms with E-state index in [9.17, 15) is 4.79 Å². The van der Waals surface area contributed by atoms with Gasteiger partial charge < -0.3 is 20.1 Å². The SMILES string of the molecule is CCCCCCCNCC(=O)Nc1cccc(OCC2CCCO2)c1. The van der Waals surface area contributed by atoms with Gasteiger partial charge in [-0.3, -0.25) is 4.79 Å². The molecule has 0 radical (unpaired) electrons. The molecule has 140 valence electrons. The predicted molar refractivity (Wildman–Crippen MR) is 101 cm³/mol. The minimum Gasteiger partial charge on any atom is -0.491 e. The highest BCUT2D eigenvalue weighted by Crippen LogP contribution is 2.19. The van der Waals surface area contributed by atoms with E-state index in [1.807, 2.05) is 24.3 Å². The van der Waals surface area contributed by atoms with Crippen LogP contribution in [0.5, 0.6) is 5.75 Å². The lowest BCUT2D eigenvalue weighted by atomic mass is 10.1. The number of benzene rings is 1. The molecule has 0 spiro atoms. The molecule has 1 amide bonds. The van der Waals surface area contributed by atoms with Gasteiger partial charge in [-0.2, -0.15) is 0 Å². The lowest BCUT2D eigenvalue weighted by molar-refractivity contribution is -0.115. The van der Waals surface area contributed by atoms with Gasteiger partial charge in [0.25, 0.3) is 0 Å². The monoisotopic (exact) mass is 348 g/mol. The van der Waals surface area contributed by atoms with E-state index in [2.05, 4.69) is 17.6 Å². The Morgan fingerprint density at radius 1 is 1.28 bits per heavy atom. The first-order valence-corrected chi connectivity index (χ1v) is 9.63. The van der Waals surface area contributed by atoms with E-state index < -0.39 is 0 Å². The van der Waals surface area contributed by atoms with Crippen LogP contribution in [0.4, 0.5) is 5.69 Å². The van der Waals surface area contributed by atoms with Crippen LogP contribution in [0, 0.1) is 0 Å². The molecule has 1 atom stereocenters. The van der Waals surface area contributed by atoms with Crippen molar-refractivity contribution in [2.75, 3.05) is 31.6 Å². The number of carbonyl (C=O) groups excluding carboxylic acids is 1. The Morgan fingerprint density at radius 2 is 2.16 bits per heavy atom. The molecule has 1 aliphatic heterocycles. The van der Waals surface area contributed by atoms with Crippen LogP contribution in [0.15, 0.2) is 24.3 Å². The normalized spacial score (nSPS) is 16.8. The highest BCUT2D eigenvalue weighted by Gasteiger charge is 2.16. The lowest BCUT2D eigenvalue weighted by Gasteiger charge is -2.12. The Bertz CT molecular complexity index is 501. The molecule has 1 aromatic rings. The molecule has 0 aliphatic carbocycles. The number of amides is 1. The first kappa shape index (κ1) is 19.7. The fourth-order valence-corrected chi connectivity index (χ4v) is 2.89. The van der Waals surface area contributed by atoms with Crippen LogP contribution >= 0.6 is 0 Å². The zero-order valence-corrected chi connectivity index (χ0v) is 15.4. The predicted octanol–water partition coefficient (Wildman–Crippen LogP) is 3.74. The third-order valence-electron chi connectivity index (χ3n) is 4.32. The zero-order valence-electron chi connectivity index (χ0n) is 15.4. The number of rotatable bonds is 12. The summed E-state index contributed by atoms with van der Waals surface area (Å²) in [5, 5.41) is 6.11. The number of ether oxygens (including phenoxy) is 2. The summed E-state index contributed by atoms with van der Waals surface area (Å²) in [4.78, 5) is 12.0. The standard InChI is InChI=1S/C20H32N2O3/c1-2-3-4-5-6-12-21-15-20(23)22-17-9-7-10-18(14-17)25-16-19-11-8-13-24-19/h7,9-10,14,19,21H,2-6,8,11-13,15-16H2,1H3,(H,22,23). The number of hydrogen-bond acceptors (Lipinski definition) is 4. The highest BCUT2D eigenvalue weighted by atomic mass is 16.5. The van der Waals surface area contributed by atoms with Gasteiger partial charge in [0.15, 0.2) is 0 Å². The van der Waals surface area contributed by atoms with Crippen LogP contribution < -0.4 is 15.4 Å². The number of nitrogens with one attached hydrogen (secondary N) is 2. The van der Waals surface area contributed by atoms with Crippen molar-refractivity contribution in [3.05, 3.63) is 24.3 Å². The largest absolute Gasteiger partial charge is 0.491 e. The number of hydrogen-bond donors (Lipinski definition) is 2. The summed E-state index contributed by atoms with van der Waals surface area (Å²) in [6.45, 7) is 4.84. The molecule has 0 bridgehead atoms. The summed E-state index contributed by atoms with van der Waals surface area (Å²) < 4.78 is 11.3. The smallest absolute Gasteiger partial charge is 0.238 e. The summed E-state index contributed by atoms with van der Waals surface area (Å²) in [6.07, 6.45) is 8.55. The Balaban J connectivity index is 1.62. The number of anilines is 1. The average Bonchev–Trinajstić information content (AvgIpc) is 3.13. The summed E-state index contributed by atoms with van der Waals surface area (Å²) in [5.41, 5.74) is 0.764. The molecule has 1 heterocycles. The third-order valence-corrected chi connectivity index (χ3v) is 4.32. The maximum atomic E-state index is 12.0. The lowest BCUT2D eigenvalue weighted by Crippen LogP contribution is -2.28. The van der Waals surface area contributed by atoms with Crippen molar-refractivity contribution in [3.8, 4) is 5.75 Å². The number of unbranched alkanes of at least 4 members (excludes halogenated alkanes) is 4. The van der Waals surface area contributed by atoms with Crippen molar-refractivity contribution in [3.63, 3.8) is 0 Å². The van der Waals surface area contributed by atoms with Crippen LogP contribution in [0.3, 0.4) is 0 Å². The molecular weight excluding hydrogens is 316 g/mol. The van der Waals surface area contributed by atoms with Gasteiger partial charge in [0.2, 0.25) is 5.91 Å². The minimum atomic E-state index is -0.0233. The topological polar surface area (TPSA) is 59.6 Å². The Morgan fingerprint density at radius 3 is 2.96 bits per heavy atom. The van der Waals surface area contributed by atoms with Crippen LogP contribution in [0.25, 0.3) is 0 Å². The van der Waals surface area contributed by atoms with Gasteiger partial charge in [0, 0.05) is 18.4 Å². The van der Waals surface area contributed by atoms with Crippen LogP contribution in [0.2, 0.25) is 0 Å². The first-order valence-electron chi connectivity index (χ1n) is 9.63. The molecule has 0 saturated carbocycles. The van der Waals surface area contributed by atoms with E-state index in [1.54, 1.807) is 0 Å². The Labute approximate surface area is 151 Å². The zero-order chi connectivity index (χ0) is 17.7. The molecule has 2 N–H and O–H groups in total. The average molecular weight is 348 g/mol. The number of carbonyl (C=O) groups is 1. The molecule has 5 nitrogen and oxygen atoms in total. The quantitative estimate of drug-likeness (QED) is 0.565. The van der Waals surface area contributed by atoms with Crippen LogP contribution in [-0.2, 0) is 9.53 Å².